The molecule has 0 saturated carbocycles. The van der Waals surface area contributed by atoms with E-state index in [0.29, 0.717) is 19.4 Å². The average molecular weight is 573 g/mol. The lowest BCUT2D eigenvalue weighted by atomic mass is 9.78. The molecule has 40 heavy (non-hydrogen) atoms. The molecular formula is C30H56N2O8. The van der Waals surface area contributed by atoms with Gasteiger partial charge < -0.3 is 39.3 Å². The van der Waals surface area contributed by atoms with Gasteiger partial charge in [-0.25, -0.2) is 0 Å². The Labute approximate surface area is 241 Å². The second-order valence-corrected chi connectivity index (χ2v) is 13.3. The first-order valence-corrected chi connectivity index (χ1v) is 14.9. The topological polar surface area (TPSA) is 129 Å². The Morgan fingerprint density at radius 2 is 1.68 bits per heavy atom. The number of cyclic esters (lactones) is 1. The van der Waals surface area contributed by atoms with Gasteiger partial charge in [-0.2, -0.15) is 0 Å². The molecule has 3 N–H and O–H groups in total. The van der Waals surface area contributed by atoms with E-state index in [1.165, 1.54) is 13.8 Å². The highest BCUT2D eigenvalue weighted by Crippen LogP contribution is 2.35. The van der Waals surface area contributed by atoms with Gasteiger partial charge in [0.05, 0.1) is 17.8 Å². The number of likely N-dealkylation sites (N-methyl/N-ethyl adjacent to an activating group) is 1. The van der Waals surface area contributed by atoms with Crippen molar-refractivity contribution in [3.8, 4) is 0 Å². The Balaban J connectivity index is 2.49. The van der Waals surface area contributed by atoms with Crippen LogP contribution >= 0.6 is 0 Å². The van der Waals surface area contributed by atoms with Crippen molar-refractivity contribution in [3.63, 3.8) is 0 Å². The summed E-state index contributed by atoms with van der Waals surface area (Å²) in [7, 11) is 5.87. The quantitative estimate of drug-likeness (QED) is 0.341. The van der Waals surface area contributed by atoms with E-state index in [-0.39, 0.29) is 24.5 Å². The first kappa shape index (κ1) is 35.1. The second-order valence-electron chi connectivity index (χ2n) is 13.3. The van der Waals surface area contributed by atoms with Crippen LogP contribution in [0.1, 0.15) is 81.1 Å². The Morgan fingerprint density at radius 3 is 2.23 bits per heavy atom. The summed E-state index contributed by atoms with van der Waals surface area (Å²) in [6.07, 6.45) is -1.89. The first-order valence-electron chi connectivity index (χ1n) is 14.9. The Morgan fingerprint density at radius 1 is 1.07 bits per heavy atom. The maximum Gasteiger partial charge on any atom is 0.316 e. The fourth-order valence-electron chi connectivity index (χ4n) is 6.53. The Kier molecular flexibility index (Phi) is 12.2. The van der Waals surface area contributed by atoms with Crippen molar-refractivity contribution >= 4 is 11.8 Å². The van der Waals surface area contributed by atoms with Crippen molar-refractivity contribution in [3.05, 3.63) is 0 Å². The maximum atomic E-state index is 13.7. The van der Waals surface area contributed by atoms with E-state index in [1.54, 1.807) is 27.7 Å². The third kappa shape index (κ3) is 8.24. The van der Waals surface area contributed by atoms with Crippen LogP contribution in [0.5, 0.6) is 0 Å². The van der Waals surface area contributed by atoms with Gasteiger partial charge >= 0.3 is 5.97 Å². The van der Waals surface area contributed by atoms with Crippen molar-refractivity contribution in [1.29, 1.82) is 0 Å². The fraction of sp³-hybridized carbons (Fsp3) is 0.933. The van der Waals surface area contributed by atoms with E-state index in [2.05, 4.69) is 4.90 Å². The van der Waals surface area contributed by atoms with Gasteiger partial charge in [0.1, 0.15) is 23.7 Å². The number of aliphatic hydroxyl groups is 3. The summed E-state index contributed by atoms with van der Waals surface area (Å²) in [5, 5.41) is 34.3. The molecule has 2 aliphatic rings. The average Bonchev–Trinajstić information content (AvgIpc) is 2.86. The molecule has 0 bridgehead atoms. The molecule has 0 aliphatic carbocycles. The van der Waals surface area contributed by atoms with Gasteiger partial charge in [0, 0.05) is 31.0 Å². The molecular weight excluding hydrogens is 516 g/mol. The SMILES string of the molecule is CCC1OC(=O)C(C)C(=O)C(C)C(OC2CC(N(C)C)CC(C)O2)C(C)(O)CC(C)CN(C)C(C)C(O)C1(C)O. The molecule has 2 rings (SSSR count). The van der Waals surface area contributed by atoms with Crippen LogP contribution in [0.25, 0.3) is 0 Å². The standard InChI is InChI=1S/C30H56N2O8/c1-12-23-30(8,37)26(34)21(6)32(11)16-17(2)15-29(7,36)27(19(4)25(33)20(5)28(35)39-23)40-24-14-22(31(9)10)13-18(3)38-24/h17-24,26-27,34,36-37H,12-16H2,1-11H3. The number of esters is 1. The van der Waals surface area contributed by atoms with E-state index < -0.39 is 65.4 Å². The predicted octanol–water partition coefficient (Wildman–Crippen LogP) is 2.21. The van der Waals surface area contributed by atoms with Crippen molar-refractivity contribution in [1.82, 2.24) is 9.80 Å². The van der Waals surface area contributed by atoms with Crippen molar-refractivity contribution in [2.24, 2.45) is 17.8 Å². The lowest BCUT2D eigenvalue weighted by molar-refractivity contribution is -0.259. The lowest BCUT2D eigenvalue weighted by Gasteiger charge is -2.44. The van der Waals surface area contributed by atoms with E-state index in [9.17, 15) is 24.9 Å². The van der Waals surface area contributed by atoms with Crippen LogP contribution in [0.2, 0.25) is 0 Å². The van der Waals surface area contributed by atoms with Crippen LogP contribution in [0.15, 0.2) is 0 Å². The zero-order valence-corrected chi connectivity index (χ0v) is 26.6. The van der Waals surface area contributed by atoms with E-state index in [1.807, 2.05) is 39.9 Å². The van der Waals surface area contributed by atoms with Gasteiger partial charge in [-0.05, 0) is 80.9 Å². The van der Waals surface area contributed by atoms with Gasteiger partial charge in [-0.15, -0.1) is 0 Å². The summed E-state index contributed by atoms with van der Waals surface area (Å²) < 4.78 is 18.3. The highest BCUT2D eigenvalue weighted by molar-refractivity contribution is 6.00. The number of carbonyl (C=O) groups is 2. The van der Waals surface area contributed by atoms with Crippen LogP contribution in [0.3, 0.4) is 0 Å². The second kappa shape index (κ2) is 13.9. The molecule has 2 aliphatic heterocycles. The van der Waals surface area contributed by atoms with Crippen molar-refractivity contribution in [2.75, 3.05) is 27.7 Å². The Hall–Kier alpha value is -1.14. The molecule has 0 amide bonds. The van der Waals surface area contributed by atoms with Gasteiger partial charge in [0.15, 0.2) is 12.1 Å². The molecule has 234 valence electrons. The normalized spacial score (nSPS) is 45.6. The number of ketones is 1. The monoisotopic (exact) mass is 572 g/mol. The molecule has 0 aromatic rings. The first-order chi connectivity index (χ1) is 18.3. The summed E-state index contributed by atoms with van der Waals surface area (Å²) in [6.45, 7) is 14.3. The molecule has 10 heteroatoms. The van der Waals surface area contributed by atoms with Crippen LogP contribution in [0, 0.1) is 17.8 Å². The minimum absolute atomic E-state index is 0.0578. The molecule has 2 fully saturated rings. The van der Waals surface area contributed by atoms with Crippen molar-refractivity contribution in [2.45, 2.75) is 135 Å². The summed E-state index contributed by atoms with van der Waals surface area (Å²) in [5.41, 5.74) is -3.18. The summed E-state index contributed by atoms with van der Waals surface area (Å²) in [4.78, 5) is 31.0. The summed E-state index contributed by atoms with van der Waals surface area (Å²) >= 11 is 0. The molecule has 2 heterocycles. The van der Waals surface area contributed by atoms with Crippen molar-refractivity contribution < 1.29 is 39.1 Å². The molecule has 0 radical (unpaired) electrons. The molecule has 12 unspecified atom stereocenters. The zero-order valence-electron chi connectivity index (χ0n) is 26.6. The highest BCUT2D eigenvalue weighted by atomic mass is 16.7. The minimum Gasteiger partial charge on any atom is -0.459 e. The highest BCUT2D eigenvalue weighted by Gasteiger charge is 2.48. The van der Waals surface area contributed by atoms with Crippen LogP contribution in [-0.2, 0) is 23.8 Å². The smallest absolute Gasteiger partial charge is 0.316 e. The third-order valence-corrected chi connectivity index (χ3v) is 9.17. The Bertz CT molecular complexity index is 850. The number of ether oxygens (including phenoxy) is 3. The van der Waals surface area contributed by atoms with Crippen LogP contribution < -0.4 is 0 Å². The molecule has 0 aromatic heterocycles. The van der Waals surface area contributed by atoms with E-state index in [0.717, 1.165) is 6.42 Å². The molecule has 0 aromatic carbocycles. The molecule has 10 nitrogen and oxygen atoms in total. The number of rotatable bonds is 4. The van der Waals surface area contributed by atoms with Gasteiger partial charge in [-0.3, -0.25) is 9.59 Å². The molecule has 12 atom stereocenters. The van der Waals surface area contributed by atoms with E-state index in [4.69, 9.17) is 14.2 Å². The predicted molar refractivity (Wildman–Crippen MR) is 153 cm³/mol. The van der Waals surface area contributed by atoms with Gasteiger partial charge in [-0.1, -0.05) is 20.8 Å². The fourth-order valence-corrected chi connectivity index (χ4v) is 6.53. The number of hydrogen-bond donors (Lipinski definition) is 3. The summed E-state index contributed by atoms with van der Waals surface area (Å²) in [5.74, 6) is -3.28. The molecule has 0 spiro atoms. The lowest BCUT2D eigenvalue weighted by Crippen LogP contribution is -2.59. The van der Waals surface area contributed by atoms with Crippen LogP contribution in [0.4, 0.5) is 0 Å². The van der Waals surface area contributed by atoms with E-state index >= 15 is 0 Å². The van der Waals surface area contributed by atoms with Crippen LogP contribution in [-0.4, -0.2) is 119 Å². The van der Waals surface area contributed by atoms with Gasteiger partial charge in [0.2, 0.25) is 0 Å². The molecule has 2 saturated heterocycles. The minimum atomic E-state index is -1.75. The number of nitrogens with zero attached hydrogens (tertiary/aromatic N) is 2. The number of carbonyl (C=O) groups excluding carboxylic acids is 2. The third-order valence-electron chi connectivity index (χ3n) is 9.17. The largest absolute Gasteiger partial charge is 0.459 e. The number of Topliss-reactive ketones (excluding diaryl/α,β-unsaturated/α-hetero) is 1. The zero-order chi connectivity index (χ0) is 30.7. The number of aliphatic hydroxyl groups excluding tert-OH is 1. The maximum absolute atomic E-state index is 13.7. The summed E-state index contributed by atoms with van der Waals surface area (Å²) in [6, 6.07) is -0.259. The van der Waals surface area contributed by atoms with Gasteiger partial charge in [0.25, 0.3) is 0 Å². The number of hydrogen-bond acceptors (Lipinski definition) is 10.